The second kappa shape index (κ2) is 11.0. The Morgan fingerprint density at radius 1 is 0.973 bits per heavy atom. The van der Waals surface area contributed by atoms with Crippen LogP contribution in [0.3, 0.4) is 0 Å². The summed E-state index contributed by atoms with van der Waals surface area (Å²) in [6.07, 6.45) is 2.85. The first-order valence-electron chi connectivity index (χ1n) is 12.8. The molecule has 1 saturated heterocycles. The highest BCUT2D eigenvalue weighted by Gasteiger charge is 2.44. The van der Waals surface area contributed by atoms with Crippen molar-refractivity contribution in [1.82, 2.24) is 9.21 Å². The Kier molecular flexibility index (Phi) is 7.89. The number of sulfonamides is 1. The van der Waals surface area contributed by atoms with Gasteiger partial charge in [-0.1, -0.05) is 60.1 Å². The lowest BCUT2D eigenvalue weighted by molar-refractivity contribution is 0.165. The van der Waals surface area contributed by atoms with Gasteiger partial charge in [-0.05, 0) is 86.3 Å². The van der Waals surface area contributed by atoms with Crippen molar-refractivity contribution in [1.29, 1.82) is 0 Å². The van der Waals surface area contributed by atoms with Crippen LogP contribution in [-0.4, -0.2) is 60.8 Å². The Morgan fingerprint density at radius 3 is 2.32 bits per heavy atom. The number of hydrogen-bond acceptors (Lipinski definition) is 4. The number of likely N-dealkylation sites (N-methyl/N-ethyl adjacent to an activating group) is 1. The van der Waals surface area contributed by atoms with Gasteiger partial charge in [0.25, 0.3) is 0 Å². The monoisotopic (exact) mass is 556 g/mol. The van der Waals surface area contributed by atoms with Crippen molar-refractivity contribution in [2.75, 3.05) is 39.0 Å². The zero-order chi connectivity index (χ0) is 26.0. The molecule has 0 saturated carbocycles. The van der Waals surface area contributed by atoms with E-state index >= 15 is 0 Å². The van der Waals surface area contributed by atoms with E-state index in [1.165, 1.54) is 9.87 Å². The number of nitrogens with zero attached hydrogens (tertiary/aromatic N) is 2. The van der Waals surface area contributed by atoms with E-state index in [1.807, 2.05) is 42.5 Å². The van der Waals surface area contributed by atoms with Crippen molar-refractivity contribution < 1.29 is 12.6 Å². The van der Waals surface area contributed by atoms with Crippen LogP contribution >= 0.6 is 11.6 Å². The fourth-order valence-electron chi connectivity index (χ4n) is 5.75. The summed E-state index contributed by atoms with van der Waals surface area (Å²) in [7, 11) is -2.82. The van der Waals surface area contributed by atoms with Crippen molar-refractivity contribution in [2.45, 2.75) is 40.4 Å². The second-order valence-electron chi connectivity index (χ2n) is 10.2. The molecule has 0 amide bonds. The summed E-state index contributed by atoms with van der Waals surface area (Å²) < 4.78 is 40.6. The molecule has 1 unspecified atom stereocenters. The molecule has 0 bridgehead atoms. The first-order chi connectivity index (χ1) is 17.8. The number of rotatable bonds is 8. The summed E-state index contributed by atoms with van der Waals surface area (Å²) in [6.45, 7) is 3.18. The highest BCUT2D eigenvalue weighted by molar-refractivity contribution is 7.89. The molecule has 196 valence electrons. The van der Waals surface area contributed by atoms with E-state index < -0.39 is 20.8 Å². The molecule has 3 aromatic carbocycles. The van der Waals surface area contributed by atoms with Crippen LogP contribution in [0.15, 0.2) is 88.7 Å². The van der Waals surface area contributed by atoms with E-state index in [-0.39, 0.29) is 11.3 Å². The van der Waals surface area contributed by atoms with E-state index in [2.05, 4.69) is 17.0 Å². The van der Waals surface area contributed by atoms with Crippen LogP contribution in [0, 0.1) is 0 Å². The van der Waals surface area contributed by atoms with Crippen LogP contribution in [0.5, 0.6) is 0 Å². The summed E-state index contributed by atoms with van der Waals surface area (Å²) in [5, 5.41) is 0.670. The zero-order valence-corrected chi connectivity index (χ0v) is 23.4. The number of benzene rings is 3. The number of likely N-dealkylation sites (tertiary alicyclic amines) is 1. The van der Waals surface area contributed by atoms with Gasteiger partial charge in [0, 0.05) is 34.7 Å². The van der Waals surface area contributed by atoms with Crippen LogP contribution in [0.1, 0.15) is 36.3 Å². The average molecular weight is 557 g/mol. The zero-order valence-electron chi connectivity index (χ0n) is 21.1. The molecular weight excluding hydrogens is 524 g/mol. The smallest absolute Gasteiger partial charge is 0.242 e. The lowest BCUT2D eigenvalue weighted by Gasteiger charge is -2.40. The minimum atomic E-state index is -3.58. The first kappa shape index (κ1) is 26.6. The SMILES string of the molecule is CN(C[C@@H](CCN1CCC2(CC1)CS(=O)c1ccccc12)c1ccc(Cl)cc1)S(=O)(=O)c1ccccc1. The molecule has 37 heavy (non-hydrogen) atoms. The molecule has 0 aromatic heterocycles. The predicted molar refractivity (Wildman–Crippen MR) is 150 cm³/mol. The quantitative estimate of drug-likeness (QED) is 0.378. The van der Waals surface area contributed by atoms with Crippen LogP contribution in [0.4, 0.5) is 0 Å². The van der Waals surface area contributed by atoms with Crippen LogP contribution in [0.2, 0.25) is 5.02 Å². The molecule has 0 N–H and O–H groups in total. The minimum Gasteiger partial charge on any atom is -0.303 e. The van der Waals surface area contributed by atoms with Crippen molar-refractivity contribution in [3.05, 3.63) is 95.0 Å². The van der Waals surface area contributed by atoms with Crippen molar-refractivity contribution in [3.8, 4) is 0 Å². The fourth-order valence-corrected chi connectivity index (χ4v) is 8.97. The van der Waals surface area contributed by atoms with E-state index in [0.29, 0.717) is 16.5 Å². The third-order valence-electron chi connectivity index (χ3n) is 7.99. The van der Waals surface area contributed by atoms with E-state index in [1.54, 1.807) is 31.3 Å². The molecule has 5 rings (SSSR count). The van der Waals surface area contributed by atoms with Gasteiger partial charge in [-0.3, -0.25) is 4.21 Å². The Labute approximate surface area is 228 Å². The minimum absolute atomic E-state index is 0.0253. The van der Waals surface area contributed by atoms with Crippen molar-refractivity contribution in [3.63, 3.8) is 0 Å². The van der Waals surface area contributed by atoms with Gasteiger partial charge < -0.3 is 4.90 Å². The lowest BCUT2D eigenvalue weighted by atomic mass is 9.74. The van der Waals surface area contributed by atoms with E-state index in [9.17, 15) is 12.6 Å². The van der Waals surface area contributed by atoms with Gasteiger partial charge >= 0.3 is 0 Å². The fraction of sp³-hybridized carbons (Fsp3) is 0.379. The molecule has 3 aromatic rings. The van der Waals surface area contributed by atoms with Gasteiger partial charge in [-0.15, -0.1) is 0 Å². The normalized spacial score (nSPS) is 20.2. The highest BCUT2D eigenvalue weighted by atomic mass is 35.5. The van der Waals surface area contributed by atoms with Crippen molar-refractivity contribution >= 4 is 32.4 Å². The average Bonchev–Trinajstić information content (AvgIpc) is 3.19. The molecule has 0 radical (unpaired) electrons. The summed E-state index contributed by atoms with van der Waals surface area (Å²) in [4.78, 5) is 3.80. The van der Waals surface area contributed by atoms with Gasteiger partial charge in [-0.25, -0.2) is 12.7 Å². The molecule has 2 atom stereocenters. The third-order valence-corrected chi connectivity index (χ3v) is 11.7. The Balaban J connectivity index is 1.27. The molecule has 2 aliphatic heterocycles. The number of hydrogen-bond donors (Lipinski definition) is 0. The van der Waals surface area contributed by atoms with Gasteiger partial charge in [0.2, 0.25) is 10.0 Å². The summed E-state index contributed by atoms with van der Waals surface area (Å²) in [6, 6.07) is 24.6. The van der Waals surface area contributed by atoms with Gasteiger partial charge in [-0.2, -0.15) is 0 Å². The molecule has 1 fully saturated rings. The maximum atomic E-state index is 13.2. The topological polar surface area (TPSA) is 57.7 Å². The molecule has 2 aliphatic rings. The van der Waals surface area contributed by atoms with Gasteiger partial charge in [0.05, 0.1) is 15.7 Å². The van der Waals surface area contributed by atoms with Gasteiger partial charge in [0.15, 0.2) is 0 Å². The molecule has 2 heterocycles. The first-order valence-corrected chi connectivity index (χ1v) is 15.9. The second-order valence-corrected chi connectivity index (χ2v) is 14.1. The van der Waals surface area contributed by atoms with Crippen LogP contribution in [-0.2, 0) is 26.2 Å². The van der Waals surface area contributed by atoms with E-state index in [4.69, 9.17) is 11.6 Å². The predicted octanol–water partition coefficient (Wildman–Crippen LogP) is 5.29. The van der Waals surface area contributed by atoms with Crippen molar-refractivity contribution in [2.24, 2.45) is 0 Å². The molecule has 5 nitrogen and oxygen atoms in total. The number of halogens is 1. The maximum Gasteiger partial charge on any atom is 0.242 e. The number of piperidine rings is 1. The molecule has 0 aliphatic carbocycles. The van der Waals surface area contributed by atoms with Gasteiger partial charge in [0.1, 0.15) is 0 Å². The Morgan fingerprint density at radius 2 is 1.62 bits per heavy atom. The Bertz CT molecular complexity index is 1360. The summed E-state index contributed by atoms with van der Waals surface area (Å²) >= 11 is 6.14. The summed E-state index contributed by atoms with van der Waals surface area (Å²) in [5.74, 6) is 0.770. The van der Waals surface area contributed by atoms with E-state index in [0.717, 1.165) is 55.1 Å². The molecule has 8 heteroatoms. The van der Waals surface area contributed by atoms with Crippen LogP contribution < -0.4 is 0 Å². The van der Waals surface area contributed by atoms with Crippen LogP contribution in [0.25, 0.3) is 0 Å². The molecule has 1 spiro atoms. The Hall–Kier alpha value is -2.03. The molecular formula is C29H33ClN2O3S2. The highest BCUT2D eigenvalue weighted by Crippen LogP contribution is 2.44. The third kappa shape index (κ3) is 5.57. The maximum absolute atomic E-state index is 13.2. The lowest BCUT2D eigenvalue weighted by Crippen LogP contribution is -2.44. The largest absolute Gasteiger partial charge is 0.303 e. The number of fused-ring (bicyclic) bond motifs is 2. The summed E-state index contributed by atoms with van der Waals surface area (Å²) in [5.41, 5.74) is 2.39. The standard InChI is InChI=1S/C29H33ClN2O3S2/c1-31(37(34,35)26-7-3-2-4-8-26)21-24(23-11-13-25(30)14-12-23)15-18-32-19-16-29(17-20-32)22-36(33)28-10-6-5-9-27(28)29/h2-14,24H,15-22H2,1H3/t24-,36?/m1/s1.